The van der Waals surface area contributed by atoms with Crippen molar-refractivity contribution in [3.63, 3.8) is 0 Å². The number of nitrogens with one attached hydrogen (secondary N) is 1. The number of hydrogen-bond donors (Lipinski definition) is 1. The molecule has 4 aromatic rings. The van der Waals surface area contributed by atoms with Gasteiger partial charge in [-0.15, -0.1) is 5.10 Å². The van der Waals surface area contributed by atoms with E-state index in [0.717, 1.165) is 16.5 Å². The van der Waals surface area contributed by atoms with E-state index < -0.39 is 5.60 Å². The molecule has 37 heavy (non-hydrogen) atoms. The molecule has 0 saturated carbocycles. The molecule has 12 heteroatoms. The van der Waals surface area contributed by atoms with Crippen LogP contribution in [0.2, 0.25) is 0 Å². The Morgan fingerprint density at radius 3 is 2.65 bits per heavy atom. The molecule has 0 atom stereocenters. The number of ether oxygens (including phenoxy) is 2. The number of carbonyl (C=O) groups is 2. The van der Waals surface area contributed by atoms with Crippen molar-refractivity contribution < 1.29 is 23.9 Å². The minimum atomic E-state index is -0.622. The van der Waals surface area contributed by atoms with Crippen LogP contribution in [0.5, 0.6) is 11.5 Å². The standard InChI is InChI=1S/C25H24N6O5.Na.H/c1-34-22-13-16(12-19-17(22)5-8-31(19)35-2)24(33)30-9-6-25(7-10-30)14-20(32)18-11-15(3-4-21(18)36-25)23-26-28-29-27-23;;/h3-5,8,11-13H,6-7,9-10,14H2,1-2H3,(H,26,27,28,29);;. The summed E-state index contributed by atoms with van der Waals surface area (Å²) < 4.78 is 13.5. The monoisotopic (exact) mass is 512 g/mol. The molecule has 4 heterocycles. The molecule has 11 nitrogen and oxygen atoms in total. The average Bonchev–Trinajstić information content (AvgIpc) is 3.58. The molecule has 0 aliphatic carbocycles. The zero-order chi connectivity index (χ0) is 24.9. The summed E-state index contributed by atoms with van der Waals surface area (Å²) in [5.74, 6) is 1.57. The van der Waals surface area contributed by atoms with Crippen LogP contribution in [0.25, 0.3) is 22.3 Å². The van der Waals surface area contributed by atoms with Crippen molar-refractivity contribution in [3.8, 4) is 22.9 Å². The van der Waals surface area contributed by atoms with Crippen LogP contribution in [0, 0.1) is 0 Å². The van der Waals surface area contributed by atoms with Gasteiger partial charge in [0.1, 0.15) is 24.2 Å². The summed E-state index contributed by atoms with van der Waals surface area (Å²) in [5.41, 5.74) is 1.90. The van der Waals surface area contributed by atoms with Gasteiger partial charge >= 0.3 is 29.6 Å². The number of aromatic nitrogens is 5. The van der Waals surface area contributed by atoms with Gasteiger partial charge in [0.15, 0.2) is 11.6 Å². The van der Waals surface area contributed by atoms with Crippen LogP contribution >= 0.6 is 0 Å². The number of tetrazole rings is 1. The molecule has 1 spiro atoms. The van der Waals surface area contributed by atoms with Crippen LogP contribution in [0.15, 0.2) is 42.6 Å². The van der Waals surface area contributed by atoms with Crippen LogP contribution in [-0.2, 0) is 0 Å². The van der Waals surface area contributed by atoms with Crippen LogP contribution in [0.3, 0.4) is 0 Å². The summed E-state index contributed by atoms with van der Waals surface area (Å²) in [7, 11) is 3.15. The van der Waals surface area contributed by atoms with Gasteiger partial charge in [0, 0.05) is 48.6 Å². The van der Waals surface area contributed by atoms with Crippen molar-refractivity contribution >= 4 is 52.2 Å². The zero-order valence-electron chi connectivity index (χ0n) is 19.9. The second-order valence-electron chi connectivity index (χ2n) is 9.07. The van der Waals surface area contributed by atoms with Gasteiger partial charge in [0.25, 0.3) is 5.91 Å². The zero-order valence-corrected chi connectivity index (χ0v) is 19.9. The van der Waals surface area contributed by atoms with E-state index in [0.29, 0.717) is 54.4 Å². The molecule has 6 rings (SSSR count). The number of likely N-dealkylation sites (tertiary alicyclic amines) is 1. The first-order valence-corrected chi connectivity index (χ1v) is 11.6. The first kappa shape index (κ1) is 25.2. The Balaban J connectivity index is 0.00000280. The van der Waals surface area contributed by atoms with Crippen molar-refractivity contribution in [1.82, 2.24) is 30.3 Å². The third-order valence-electron chi connectivity index (χ3n) is 7.07. The van der Waals surface area contributed by atoms with Gasteiger partial charge in [-0.3, -0.25) is 9.59 Å². The third kappa shape index (κ3) is 4.36. The number of carbonyl (C=O) groups excluding carboxylic acids is 2. The van der Waals surface area contributed by atoms with Crippen LogP contribution in [-0.4, -0.2) is 104 Å². The first-order chi connectivity index (χ1) is 17.5. The number of benzene rings is 2. The van der Waals surface area contributed by atoms with Crippen LogP contribution < -0.4 is 14.3 Å². The SMILES string of the molecule is COc1cc(C(=O)N2CCC3(CC2)CC(=O)c2cc(-c4nnn[nH]4)ccc2O3)cc2c1ccn2OC.[NaH]. The Labute approximate surface area is 234 Å². The third-order valence-corrected chi connectivity index (χ3v) is 7.07. The number of amides is 1. The molecule has 2 aromatic heterocycles. The number of H-pyrrole nitrogens is 1. The number of rotatable bonds is 4. The molecule has 186 valence electrons. The molecule has 2 aliphatic rings. The molecular weight excluding hydrogens is 487 g/mol. The molecule has 0 radical (unpaired) electrons. The molecule has 1 amide bonds. The summed E-state index contributed by atoms with van der Waals surface area (Å²) in [6.07, 6.45) is 3.17. The second-order valence-corrected chi connectivity index (χ2v) is 9.07. The van der Waals surface area contributed by atoms with Crippen molar-refractivity contribution in [2.45, 2.75) is 24.9 Å². The van der Waals surface area contributed by atoms with Gasteiger partial charge in [-0.05, 0) is 46.8 Å². The Bertz CT molecular complexity index is 1480. The topological polar surface area (TPSA) is 124 Å². The summed E-state index contributed by atoms with van der Waals surface area (Å²) in [4.78, 5) is 33.7. The maximum absolute atomic E-state index is 13.4. The normalized spacial score (nSPS) is 16.2. The molecule has 0 bridgehead atoms. The van der Waals surface area contributed by atoms with E-state index in [9.17, 15) is 9.59 Å². The van der Waals surface area contributed by atoms with Crippen LogP contribution in [0.1, 0.15) is 40.0 Å². The average molecular weight is 513 g/mol. The van der Waals surface area contributed by atoms with Crippen molar-refractivity contribution in [2.24, 2.45) is 0 Å². The number of piperidine rings is 1. The number of Topliss-reactive ketones (excluding diaryl/α,β-unsaturated/α-hetero) is 1. The van der Waals surface area contributed by atoms with Gasteiger partial charge in [-0.1, -0.05) is 0 Å². The Morgan fingerprint density at radius 1 is 1.14 bits per heavy atom. The van der Waals surface area contributed by atoms with E-state index >= 15 is 0 Å². The number of nitrogens with zero attached hydrogens (tertiary/aromatic N) is 5. The molecule has 0 unspecified atom stereocenters. The summed E-state index contributed by atoms with van der Waals surface area (Å²) in [6, 6.07) is 10.8. The summed E-state index contributed by atoms with van der Waals surface area (Å²) in [5, 5.41) is 14.7. The number of fused-ring (bicyclic) bond motifs is 2. The first-order valence-electron chi connectivity index (χ1n) is 11.6. The Morgan fingerprint density at radius 2 is 1.95 bits per heavy atom. The van der Waals surface area contributed by atoms with Gasteiger partial charge in [-0.25, -0.2) is 5.10 Å². The van der Waals surface area contributed by atoms with Crippen LogP contribution in [0.4, 0.5) is 0 Å². The van der Waals surface area contributed by atoms with Crippen molar-refractivity contribution in [1.29, 1.82) is 0 Å². The number of ketones is 1. The van der Waals surface area contributed by atoms with Crippen molar-refractivity contribution in [2.75, 3.05) is 27.3 Å². The van der Waals surface area contributed by atoms with Gasteiger partial charge < -0.3 is 19.2 Å². The predicted octanol–water partition coefficient (Wildman–Crippen LogP) is 1.88. The predicted molar refractivity (Wildman–Crippen MR) is 135 cm³/mol. The van der Waals surface area contributed by atoms with Gasteiger partial charge in [-0.2, -0.15) is 4.73 Å². The summed E-state index contributed by atoms with van der Waals surface area (Å²) >= 11 is 0. The number of aromatic amines is 1. The van der Waals surface area contributed by atoms with E-state index in [1.165, 1.54) is 0 Å². The number of hydrogen-bond acceptors (Lipinski definition) is 8. The van der Waals surface area contributed by atoms with Gasteiger partial charge in [0.2, 0.25) is 0 Å². The van der Waals surface area contributed by atoms with E-state index in [1.54, 1.807) is 48.2 Å². The van der Waals surface area contributed by atoms with Crippen molar-refractivity contribution in [3.05, 3.63) is 53.7 Å². The molecule has 1 saturated heterocycles. The van der Waals surface area contributed by atoms with E-state index in [4.69, 9.17) is 14.3 Å². The van der Waals surface area contributed by atoms with E-state index in [2.05, 4.69) is 20.6 Å². The molecule has 2 aliphatic heterocycles. The fraction of sp³-hybridized carbons (Fsp3) is 0.320. The summed E-state index contributed by atoms with van der Waals surface area (Å²) in [6.45, 7) is 0.962. The molecule has 1 N–H and O–H groups in total. The molecule has 1 fully saturated rings. The molecular formula is C25H25N6NaO5. The maximum atomic E-state index is 13.4. The minimum absolute atomic E-state index is 0. The fourth-order valence-electron chi connectivity index (χ4n) is 5.14. The van der Waals surface area contributed by atoms with E-state index in [-0.39, 0.29) is 47.7 Å². The van der Waals surface area contributed by atoms with E-state index in [1.807, 2.05) is 18.2 Å². The Kier molecular flexibility index (Phi) is 6.69. The second kappa shape index (κ2) is 9.81. The Hall–Kier alpha value is -3.41. The molecule has 2 aromatic carbocycles. The van der Waals surface area contributed by atoms with Gasteiger partial charge in [0.05, 0.1) is 24.6 Å². The fourth-order valence-corrected chi connectivity index (χ4v) is 5.14. The quantitative estimate of drug-likeness (QED) is 0.411. The number of methoxy groups -OCH3 is 1.